The zero-order valence-electron chi connectivity index (χ0n) is 9.98. The van der Waals surface area contributed by atoms with Gasteiger partial charge in [-0.05, 0) is 38.9 Å². The monoisotopic (exact) mass is 220 g/mol. The molecule has 0 radical (unpaired) electrons. The lowest BCUT2D eigenvalue weighted by Gasteiger charge is -2.24. The summed E-state index contributed by atoms with van der Waals surface area (Å²) < 4.78 is 0. The summed E-state index contributed by atoms with van der Waals surface area (Å²) in [6.45, 7) is 3.19. The highest BCUT2D eigenvalue weighted by Gasteiger charge is 2.28. The van der Waals surface area contributed by atoms with Gasteiger partial charge >= 0.3 is 0 Å². The van der Waals surface area contributed by atoms with Crippen LogP contribution in [0.25, 0.3) is 0 Å². The molecular weight excluding hydrogens is 200 g/mol. The number of aromatic nitrogens is 1. The van der Waals surface area contributed by atoms with E-state index in [-0.39, 0.29) is 0 Å². The molecule has 2 rings (SSSR count). The van der Waals surface area contributed by atoms with Crippen LogP contribution in [0.15, 0.2) is 18.3 Å². The van der Waals surface area contributed by atoms with E-state index in [2.05, 4.69) is 29.2 Å². The number of nitrogen functional groups attached to an aromatic ring is 1. The third-order valence-electron chi connectivity index (χ3n) is 3.21. The first-order valence-corrected chi connectivity index (χ1v) is 5.84. The Kier molecular flexibility index (Phi) is 3.29. The normalized spacial score (nSPS) is 17.4. The van der Waals surface area contributed by atoms with Crippen molar-refractivity contribution in [1.82, 2.24) is 9.88 Å². The molecule has 0 amide bonds. The van der Waals surface area contributed by atoms with E-state index in [9.17, 15) is 0 Å². The van der Waals surface area contributed by atoms with Gasteiger partial charge < -0.3 is 11.1 Å². The van der Waals surface area contributed by atoms with Gasteiger partial charge in [0.05, 0.1) is 11.9 Å². The molecule has 88 valence electrons. The Balaban J connectivity index is 1.79. The predicted molar refractivity (Wildman–Crippen MR) is 67.4 cm³/mol. The van der Waals surface area contributed by atoms with Gasteiger partial charge in [-0.25, -0.2) is 4.98 Å². The van der Waals surface area contributed by atoms with E-state index in [1.165, 1.54) is 12.8 Å². The first-order chi connectivity index (χ1) is 7.66. The molecule has 1 aliphatic rings. The van der Waals surface area contributed by atoms with Crippen molar-refractivity contribution < 1.29 is 0 Å². The fourth-order valence-corrected chi connectivity index (χ4v) is 1.76. The Labute approximate surface area is 96.8 Å². The number of nitrogens with zero attached hydrogens (tertiary/aromatic N) is 2. The zero-order chi connectivity index (χ0) is 11.5. The van der Waals surface area contributed by atoms with Crippen LogP contribution in [0.2, 0.25) is 0 Å². The zero-order valence-corrected chi connectivity index (χ0v) is 9.98. The second kappa shape index (κ2) is 4.70. The summed E-state index contributed by atoms with van der Waals surface area (Å²) in [5.41, 5.74) is 6.56. The molecule has 0 aliphatic heterocycles. The maximum atomic E-state index is 5.53. The minimum Gasteiger partial charge on any atom is -0.384 e. The molecular formula is C12H20N4. The minimum atomic E-state index is 0.546. The van der Waals surface area contributed by atoms with Gasteiger partial charge in [0.1, 0.15) is 5.82 Å². The molecule has 16 heavy (non-hydrogen) atoms. The van der Waals surface area contributed by atoms with Crippen LogP contribution in [0.4, 0.5) is 11.5 Å². The van der Waals surface area contributed by atoms with E-state index < -0.39 is 0 Å². The lowest BCUT2D eigenvalue weighted by molar-refractivity contribution is 0.257. The molecule has 4 heteroatoms. The van der Waals surface area contributed by atoms with Crippen molar-refractivity contribution in [2.75, 3.05) is 24.6 Å². The SMILES string of the molecule is CC(CNc1ccc(N)nc1)N(C)C1CC1. The number of nitrogens with one attached hydrogen (secondary N) is 1. The van der Waals surface area contributed by atoms with Crippen LogP contribution in [0.3, 0.4) is 0 Å². The third-order valence-corrected chi connectivity index (χ3v) is 3.21. The van der Waals surface area contributed by atoms with Crippen molar-refractivity contribution >= 4 is 11.5 Å². The number of likely N-dealkylation sites (N-methyl/N-ethyl adjacent to an activating group) is 1. The third kappa shape index (κ3) is 2.85. The highest BCUT2D eigenvalue weighted by atomic mass is 15.2. The maximum Gasteiger partial charge on any atom is 0.123 e. The van der Waals surface area contributed by atoms with Gasteiger partial charge in [0.2, 0.25) is 0 Å². The molecule has 1 aliphatic carbocycles. The molecule has 1 fully saturated rings. The summed E-state index contributed by atoms with van der Waals surface area (Å²) in [6, 6.07) is 5.13. The van der Waals surface area contributed by atoms with Crippen LogP contribution < -0.4 is 11.1 Å². The Hall–Kier alpha value is -1.29. The fourth-order valence-electron chi connectivity index (χ4n) is 1.76. The predicted octanol–water partition coefficient (Wildman–Crippen LogP) is 1.56. The van der Waals surface area contributed by atoms with Crippen molar-refractivity contribution in [2.45, 2.75) is 31.8 Å². The first-order valence-electron chi connectivity index (χ1n) is 5.84. The number of anilines is 2. The molecule has 0 bridgehead atoms. The number of hydrogen-bond acceptors (Lipinski definition) is 4. The minimum absolute atomic E-state index is 0.546. The maximum absolute atomic E-state index is 5.53. The summed E-state index contributed by atoms with van der Waals surface area (Å²) >= 11 is 0. The topological polar surface area (TPSA) is 54.2 Å². The van der Waals surface area contributed by atoms with Gasteiger partial charge in [0.25, 0.3) is 0 Å². The van der Waals surface area contributed by atoms with Gasteiger partial charge in [-0.1, -0.05) is 0 Å². The van der Waals surface area contributed by atoms with Crippen LogP contribution in [0, 0.1) is 0 Å². The van der Waals surface area contributed by atoms with Crippen molar-refractivity contribution in [2.24, 2.45) is 0 Å². The molecule has 0 saturated heterocycles. The van der Waals surface area contributed by atoms with Crippen molar-refractivity contribution in [1.29, 1.82) is 0 Å². The lowest BCUT2D eigenvalue weighted by Crippen LogP contribution is -2.36. The van der Waals surface area contributed by atoms with Gasteiger partial charge in [-0.15, -0.1) is 0 Å². The standard InChI is InChI=1S/C12H20N4/c1-9(16(2)11-4-5-11)7-14-10-3-6-12(13)15-8-10/h3,6,8-9,11,14H,4-5,7H2,1-2H3,(H2,13,15). The summed E-state index contributed by atoms with van der Waals surface area (Å²) in [7, 11) is 2.20. The smallest absolute Gasteiger partial charge is 0.123 e. The summed E-state index contributed by atoms with van der Waals surface area (Å²) in [6.07, 6.45) is 4.48. The largest absolute Gasteiger partial charge is 0.384 e. The molecule has 0 spiro atoms. The quantitative estimate of drug-likeness (QED) is 0.790. The van der Waals surface area contributed by atoms with E-state index in [0.717, 1.165) is 18.3 Å². The fraction of sp³-hybridized carbons (Fsp3) is 0.583. The van der Waals surface area contributed by atoms with E-state index in [4.69, 9.17) is 5.73 Å². The Morgan fingerprint density at radius 1 is 1.56 bits per heavy atom. The number of rotatable bonds is 5. The Morgan fingerprint density at radius 2 is 2.31 bits per heavy atom. The average Bonchev–Trinajstić information content (AvgIpc) is 3.11. The molecule has 1 aromatic heterocycles. The molecule has 1 unspecified atom stereocenters. The van der Waals surface area contributed by atoms with Gasteiger partial charge in [0.15, 0.2) is 0 Å². The van der Waals surface area contributed by atoms with E-state index in [1.54, 1.807) is 6.20 Å². The highest BCUT2D eigenvalue weighted by molar-refractivity contribution is 5.45. The molecule has 1 saturated carbocycles. The van der Waals surface area contributed by atoms with E-state index in [1.807, 2.05) is 12.1 Å². The second-order valence-electron chi connectivity index (χ2n) is 4.60. The lowest BCUT2D eigenvalue weighted by atomic mass is 10.3. The van der Waals surface area contributed by atoms with Gasteiger partial charge in [0, 0.05) is 18.6 Å². The number of nitrogens with two attached hydrogens (primary N) is 1. The van der Waals surface area contributed by atoms with Crippen molar-refractivity contribution in [3.8, 4) is 0 Å². The number of pyridine rings is 1. The molecule has 1 heterocycles. The second-order valence-corrected chi connectivity index (χ2v) is 4.60. The van der Waals surface area contributed by atoms with Crippen LogP contribution in [-0.2, 0) is 0 Å². The molecule has 0 aromatic carbocycles. The molecule has 3 N–H and O–H groups in total. The van der Waals surface area contributed by atoms with Crippen LogP contribution in [0.1, 0.15) is 19.8 Å². The first kappa shape index (κ1) is 11.2. The highest BCUT2D eigenvalue weighted by Crippen LogP contribution is 2.26. The van der Waals surface area contributed by atoms with Crippen LogP contribution in [-0.4, -0.2) is 35.6 Å². The molecule has 1 aromatic rings. The summed E-state index contributed by atoms with van der Waals surface area (Å²) in [4.78, 5) is 6.49. The number of hydrogen-bond donors (Lipinski definition) is 2. The van der Waals surface area contributed by atoms with Gasteiger partial charge in [-0.2, -0.15) is 0 Å². The summed E-state index contributed by atoms with van der Waals surface area (Å²) in [5, 5.41) is 3.38. The van der Waals surface area contributed by atoms with E-state index >= 15 is 0 Å². The van der Waals surface area contributed by atoms with Crippen LogP contribution in [0.5, 0.6) is 0 Å². The summed E-state index contributed by atoms with van der Waals surface area (Å²) in [5.74, 6) is 0.564. The average molecular weight is 220 g/mol. The van der Waals surface area contributed by atoms with Crippen molar-refractivity contribution in [3.63, 3.8) is 0 Å². The van der Waals surface area contributed by atoms with Crippen LogP contribution >= 0.6 is 0 Å². The molecule has 1 atom stereocenters. The van der Waals surface area contributed by atoms with Gasteiger partial charge in [-0.3, -0.25) is 4.90 Å². The van der Waals surface area contributed by atoms with E-state index in [0.29, 0.717) is 11.9 Å². The van der Waals surface area contributed by atoms with Crippen molar-refractivity contribution in [3.05, 3.63) is 18.3 Å². The Morgan fingerprint density at radius 3 is 2.88 bits per heavy atom. The Bertz CT molecular complexity index is 331. The molecule has 4 nitrogen and oxygen atoms in total.